The van der Waals surface area contributed by atoms with Crippen LogP contribution in [0.5, 0.6) is 0 Å². The van der Waals surface area contributed by atoms with Crippen LogP contribution in [0.4, 0.5) is 0 Å². The summed E-state index contributed by atoms with van der Waals surface area (Å²) in [7, 11) is -3.57. The van der Waals surface area contributed by atoms with Gasteiger partial charge in [0, 0.05) is 30.9 Å². The Bertz CT molecular complexity index is 615. The summed E-state index contributed by atoms with van der Waals surface area (Å²) >= 11 is 0. The average molecular weight is 310 g/mol. The van der Waals surface area contributed by atoms with Crippen molar-refractivity contribution in [1.82, 2.24) is 9.71 Å². The van der Waals surface area contributed by atoms with Gasteiger partial charge >= 0.3 is 0 Å². The normalized spacial score (nSPS) is 12.8. The fourth-order valence-corrected chi connectivity index (χ4v) is 2.55. The summed E-state index contributed by atoms with van der Waals surface area (Å²) < 4.78 is 27.0. The van der Waals surface area contributed by atoms with Crippen LogP contribution >= 0.6 is 0 Å². The van der Waals surface area contributed by atoms with Crippen molar-refractivity contribution in [3.8, 4) is 11.8 Å². The molecule has 1 rings (SSSR count). The molecule has 0 aliphatic carbocycles. The summed E-state index contributed by atoms with van der Waals surface area (Å²) in [5, 5.41) is 8.67. The topological polar surface area (TPSA) is 79.3 Å². The van der Waals surface area contributed by atoms with E-state index in [-0.39, 0.29) is 17.4 Å². The fourth-order valence-electron chi connectivity index (χ4n) is 1.41. The highest BCUT2D eigenvalue weighted by molar-refractivity contribution is 7.89. The van der Waals surface area contributed by atoms with Gasteiger partial charge in [0.2, 0.25) is 10.0 Å². The van der Waals surface area contributed by atoms with Gasteiger partial charge in [0.25, 0.3) is 0 Å². The minimum atomic E-state index is -3.57. The molecule has 0 aromatic carbocycles. The number of sulfonamides is 1. The molecular formula is C15H22N2O3S. The molecular weight excluding hydrogens is 288 g/mol. The van der Waals surface area contributed by atoms with E-state index < -0.39 is 10.0 Å². The molecule has 6 heteroatoms. The first-order chi connectivity index (χ1) is 9.86. The van der Waals surface area contributed by atoms with E-state index in [1.165, 1.54) is 18.5 Å². The zero-order valence-electron chi connectivity index (χ0n) is 12.6. The molecule has 0 amide bonds. The van der Waals surface area contributed by atoms with Gasteiger partial charge in [-0.15, -0.1) is 0 Å². The van der Waals surface area contributed by atoms with Gasteiger partial charge in [-0.2, -0.15) is 0 Å². The zero-order chi connectivity index (χ0) is 15.9. The molecule has 1 aromatic rings. The van der Waals surface area contributed by atoms with Gasteiger partial charge < -0.3 is 5.11 Å². The number of rotatable bonds is 6. The molecule has 5 nitrogen and oxygen atoms in total. The lowest BCUT2D eigenvalue weighted by Crippen LogP contribution is -2.30. The van der Waals surface area contributed by atoms with Crippen LogP contribution in [0.2, 0.25) is 0 Å². The van der Waals surface area contributed by atoms with E-state index >= 15 is 0 Å². The number of nitrogens with zero attached hydrogens (tertiary/aromatic N) is 1. The fraction of sp³-hybridized carbons (Fsp3) is 0.533. The number of pyridine rings is 1. The Balaban J connectivity index is 2.84. The van der Waals surface area contributed by atoms with E-state index in [0.29, 0.717) is 24.4 Å². The van der Waals surface area contributed by atoms with Gasteiger partial charge in [-0.05, 0) is 17.9 Å². The van der Waals surface area contributed by atoms with Crippen LogP contribution in [0, 0.1) is 23.7 Å². The van der Waals surface area contributed by atoms with Crippen molar-refractivity contribution in [3.05, 3.63) is 24.0 Å². The van der Waals surface area contributed by atoms with Gasteiger partial charge in [0.15, 0.2) is 0 Å². The Morgan fingerprint density at radius 2 is 2.05 bits per heavy atom. The smallest absolute Gasteiger partial charge is 0.242 e. The molecule has 0 aliphatic heterocycles. The third-order valence-corrected chi connectivity index (χ3v) is 4.62. The first-order valence-electron chi connectivity index (χ1n) is 6.91. The van der Waals surface area contributed by atoms with E-state index in [1.807, 2.05) is 6.92 Å². The van der Waals surface area contributed by atoms with Crippen molar-refractivity contribution < 1.29 is 13.5 Å². The van der Waals surface area contributed by atoms with Gasteiger partial charge in [-0.3, -0.25) is 4.98 Å². The monoisotopic (exact) mass is 310 g/mol. The minimum Gasteiger partial charge on any atom is -0.395 e. The predicted octanol–water partition coefficient (Wildman–Crippen LogP) is 1.39. The Morgan fingerprint density at radius 3 is 2.67 bits per heavy atom. The molecule has 0 fully saturated rings. The predicted molar refractivity (Wildman–Crippen MR) is 82.0 cm³/mol. The summed E-state index contributed by atoms with van der Waals surface area (Å²) in [5.41, 5.74) is 0.517. The molecule has 2 N–H and O–H groups in total. The van der Waals surface area contributed by atoms with Crippen molar-refractivity contribution in [3.63, 3.8) is 0 Å². The van der Waals surface area contributed by atoms with Gasteiger partial charge in [-0.25, -0.2) is 13.1 Å². The summed E-state index contributed by atoms with van der Waals surface area (Å²) in [5.74, 6) is 6.17. The van der Waals surface area contributed by atoms with E-state index in [4.69, 9.17) is 5.11 Å². The van der Waals surface area contributed by atoms with Crippen LogP contribution in [0.3, 0.4) is 0 Å². The largest absolute Gasteiger partial charge is 0.395 e. The Labute approximate surface area is 126 Å². The van der Waals surface area contributed by atoms with Crippen LogP contribution in [0.15, 0.2) is 23.4 Å². The number of aliphatic hydroxyl groups excluding tert-OH is 1. The second kappa shape index (κ2) is 8.13. The molecule has 116 valence electrons. The van der Waals surface area contributed by atoms with Gasteiger partial charge in [-0.1, -0.05) is 32.6 Å². The van der Waals surface area contributed by atoms with E-state index in [0.717, 1.165) is 0 Å². The third-order valence-electron chi connectivity index (χ3n) is 3.23. The SMILES string of the molecule is CC(C)C(C)CNS(=O)(=O)c1cncc(C#CCCO)c1. The zero-order valence-corrected chi connectivity index (χ0v) is 13.4. The standard InChI is InChI=1S/C15H22N2O3S/c1-12(2)13(3)9-17-21(19,20)15-8-14(10-16-11-15)6-4-5-7-18/h8,10-13,17-18H,5,7,9H2,1-3H3. The average Bonchev–Trinajstić information content (AvgIpc) is 2.45. The van der Waals surface area contributed by atoms with Gasteiger partial charge in [0.05, 0.1) is 6.61 Å². The first kappa shape index (κ1) is 17.6. The Kier molecular flexibility index (Phi) is 6.82. The summed E-state index contributed by atoms with van der Waals surface area (Å²) in [6.45, 7) is 6.48. The third kappa shape index (κ3) is 5.84. The Hall–Kier alpha value is -1.42. The summed E-state index contributed by atoms with van der Waals surface area (Å²) in [6.07, 6.45) is 3.15. The van der Waals surface area contributed by atoms with Crippen molar-refractivity contribution in [2.45, 2.75) is 32.1 Å². The van der Waals surface area contributed by atoms with Crippen LogP contribution in [0.25, 0.3) is 0 Å². The lowest BCUT2D eigenvalue weighted by atomic mass is 9.99. The summed E-state index contributed by atoms with van der Waals surface area (Å²) in [6, 6.07) is 1.49. The summed E-state index contributed by atoms with van der Waals surface area (Å²) in [4.78, 5) is 4.01. The maximum Gasteiger partial charge on any atom is 0.242 e. The first-order valence-corrected chi connectivity index (χ1v) is 8.39. The minimum absolute atomic E-state index is 0.0208. The van der Waals surface area contributed by atoms with Crippen LogP contribution in [-0.2, 0) is 10.0 Å². The van der Waals surface area contributed by atoms with Crippen molar-refractivity contribution in [2.75, 3.05) is 13.2 Å². The van der Waals surface area contributed by atoms with E-state index in [1.54, 1.807) is 0 Å². The molecule has 0 spiro atoms. The lowest BCUT2D eigenvalue weighted by molar-refractivity contribution is 0.305. The molecule has 0 saturated carbocycles. The maximum atomic E-state index is 12.2. The molecule has 1 aromatic heterocycles. The molecule has 1 atom stereocenters. The Morgan fingerprint density at radius 1 is 1.33 bits per heavy atom. The number of hydrogen-bond donors (Lipinski definition) is 2. The number of aromatic nitrogens is 1. The second-order valence-corrected chi connectivity index (χ2v) is 7.02. The maximum absolute atomic E-state index is 12.2. The lowest BCUT2D eigenvalue weighted by Gasteiger charge is -2.16. The van der Waals surface area contributed by atoms with Crippen LogP contribution < -0.4 is 4.72 Å². The molecule has 0 saturated heterocycles. The van der Waals surface area contributed by atoms with Gasteiger partial charge in [0.1, 0.15) is 4.90 Å². The van der Waals surface area contributed by atoms with Crippen molar-refractivity contribution >= 4 is 10.0 Å². The molecule has 0 bridgehead atoms. The molecule has 1 heterocycles. The van der Waals surface area contributed by atoms with E-state index in [2.05, 4.69) is 35.4 Å². The highest BCUT2D eigenvalue weighted by Gasteiger charge is 2.17. The van der Waals surface area contributed by atoms with Crippen LogP contribution in [-0.4, -0.2) is 31.7 Å². The molecule has 1 unspecified atom stereocenters. The number of aliphatic hydroxyl groups is 1. The highest BCUT2D eigenvalue weighted by atomic mass is 32.2. The van der Waals surface area contributed by atoms with Crippen molar-refractivity contribution in [2.24, 2.45) is 11.8 Å². The molecule has 0 radical (unpaired) electrons. The van der Waals surface area contributed by atoms with E-state index in [9.17, 15) is 8.42 Å². The molecule has 21 heavy (non-hydrogen) atoms. The van der Waals surface area contributed by atoms with Crippen molar-refractivity contribution in [1.29, 1.82) is 0 Å². The van der Waals surface area contributed by atoms with Crippen LogP contribution in [0.1, 0.15) is 32.8 Å². The number of nitrogens with one attached hydrogen (secondary N) is 1. The molecule has 0 aliphatic rings. The quantitative estimate of drug-likeness (QED) is 0.778. The number of hydrogen-bond acceptors (Lipinski definition) is 4. The highest BCUT2D eigenvalue weighted by Crippen LogP contribution is 2.12. The second-order valence-electron chi connectivity index (χ2n) is 5.26.